The molecule has 0 amide bonds. The fourth-order valence-electron chi connectivity index (χ4n) is 2.93. The molecule has 4 rings (SSSR count). The zero-order valence-corrected chi connectivity index (χ0v) is 17.3. The van der Waals surface area contributed by atoms with Crippen LogP contribution in [0.3, 0.4) is 0 Å². The molecule has 0 aliphatic rings. The second kappa shape index (κ2) is 8.81. The van der Waals surface area contributed by atoms with E-state index in [-0.39, 0.29) is 24.0 Å². The van der Waals surface area contributed by atoms with Crippen LogP contribution in [0.1, 0.15) is 11.4 Å². The van der Waals surface area contributed by atoms with Gasteiger partial charge in [0.25, 0.3) is 0 Å². The maximum absolute atomic E-state index is 4.28. The van der Waals surface area contributed by atoms with Crippen LogP contribution >= 0.6 is 24.0 Å². The number of pyridine rings is 1. The van der Waals surface area contributed by atoms with Gasteiger partial charge in [0, 0.05) is 19.8 Å². The highest BCUT2D eigenvalue weighted by atomic mass is 127. The van der Waals surface area contributed by atoms with Crippen LogP contribution < -0.4 is 10.6 Å². The van der Waals surface area contributed by atoms with E-state index in [2.05, 4.69) is 68.3 Å². The highest BCUT2D eigenvalue weighted by molar-refractivity contribution is 14.0. The van der Waals surface area contributed by atoms with Crippen molar-refractivity contribution in [3.8, 4) is 0 Å². The first-order chi connectivity index (χ1) is 12.8. The molecule has 2 heterocycles. The van der Waals surface area contributed by atoms with Gasteiger partial charge in [-0.3, -0.25) is 9.39 Å². The van der Waals surface area contributed by atoms with Crippen molar-refractivity contribution >= 4 is 46.4 Å². The van der Waals surface area contributed by atoms with Crippen LogP contribution in [0, 0.1) is 0 Å². The SMILES string of the molecule is CN=C(NCc1ccc2ccccc2c1)NCc1nnc2ccccn12.I. The summed E-state index contributed by atoms with van der Waals surface area (Å²) in [5.41, 5.74) is 2.04. The van der Waals surface area contributed by atoms with E-state index in [0.29, 0.717) is 13.1 Å². The molecule has 0 aliphatic carbocycles. The molecule has 0 unspecified atom stereocenters. The van der Waals surface area contributed by atoms with Gasteiger partial charge in [-0.1, -0.05) is 42.5 Å². The third kappa shape index (κ3) is 4.36. The zero-order chi connectivity index (χ0) is 17.8. The lowest BCUT2D eigenvalue weighted by molar-refractivity contribution is 0.763. The lowest BCUT2D eigenvalue weighted by Crippen LogP contribution is -2.36. The minimum Gasteiger partial charge on any atom is -0.352 e. The van der Waals surface area contributed by atoms with Crippen molar-refractivity contribution in [3.63, 3.8) is 0 Å². The van der Waals surface area contributed by atoms with Gasteiger partial charge < -0.3 is 10.6 Å². The van der Waals surface area contributed by atoms with Gasteiger partial charge in [-0.25, -0.2) is 0 Å². The fourth-order valence-corrected chi connectivity index (χ4v) is 2.93. The fraction of sp³-hybridized carbons (Fsp3) is 0.150. The maximum atomic E-state index is 4.28. The van der Waals surface area contributed by atoms with Crippen molar-refractivity contribution in [3.05, 3.63) is 78.2 Å². The summed E-state index contributed by atoms with van der Waals surface area (Å²) < 4.78 is 1.96. The van der Waals surface area contributed by atoms with Gasteiger partial charge in [-0.2, -0.15) is 0 Å². The largest absolute Gasteiger partial charge is 0.352 e. The molecule has 6 nitrogen and oxygen atoms in total. The van der Waals surface area contributed by atoms with Gasteiger partial charge in [0.15, 0.2) is 17.4 Å². The van der Waals surface area contributed by atoms with E-state index in [1.165, 1.54) is 16.3 Å². The number of hydrogen-bond donors (Lipinski definition) is 2. The number of aliphatic imine (C=N–C) groups is 1. The number of aromatic nitrogens is 3. The first-order valence-corrected chi connectivity index (χ1v) is 8.54. The number of rotatable bonds is 4. The van der Waals surface area contributed by atoms with Crippen molar-refractivity contribution in [1.29, 1.82) is 0 Å². The van der Waals surface area contributed by atoms with Crippen LogP contribution in [0.5, 0.6) is 0 Å². The van der Waals surface area contributed by atoms with E-state index >= 15 is 0 Å². The van der Waals surface area contributed by atoms with Gasteiger partial charge >= 0.3 is 0 Å². The van der Waals surface area contributed by atoms with Gasteiger partial charge in [0.1, 0.15) is 0 Å². The number of benzene rings is 2. The molecule has 2 aromatic heterocycles. The first-order valence-electron chi connectivity index (χ1n) is 8.54. The summed E-state index contributed by atoms with van der Waals surface area (Å²) in [5.74, 6) is 1.57. The van der Waals surface area contributed by atoms with E-state index in [1.54, 1.807) is 7.05 Å². The molecule has 138 valence electrons. The summed E-state index contributed by atoms with van der Waals surface area (Å²) in [5, 5.41) is 17.5. The Balaban J connectivity index is 0.00000210. The number of nitrogens with zero attached hydrogens (tertiary/aromatic N) is 4. The Morgan fingerprint density at radius 2 is 1.70 bits per heavy atom. The van der Waals surface area contributed by atoms with Crippen molar-refractivity contribution in [1.82, 2.24) is 25.2 Å². The summed E-state index contributed by atoms with van der Waals surface area (Å²) >= 11 is 0. The normalized spacial score (nSPS) is 11.4. The van der Waals surface area contributed by atoms with E-state index in [4.69, 9.17) is 0 Å². The molecule has 27 heavy (non-hydrogen) atoms. The van der Waals surface area contributed by atoms with Crippen molar-refractivity contribution in [2.24, 2.45) is 4.99 Å². The molecule has 2 aromatic carbocycles. The second-order valence-electron chi connectivity index (χ2n) is 6.01. The molecule has 0 bridgehead atoms. The van der Waals surface area contributed by atoms with Crippen molar-refractivity contribution in [2.75, 3.05) is 7.05 Å². The number of nitrogens with one attached hydrogen (secondary N) is 2. The van der Waals surface area contributed by atoms with Crippen LogP contribution in [0.4, 0.5) is 0 Å². The second-order valence-corrected chi connectivity index (χ2v) is 6.01. The van der Waals surface area contributed by atoms with Crippen molar-refractivity contribution < 1.29 is 0 Å². The standard InChI is InChI=1S/C20H20N6.HI/c1-21-20(23-14-19-25-24-18-8-4-5-11-26(18)19)22-13-15-9-10-16-6-2-3-7-17(16)12-15;/h2-12H,13-14H2,1H3,(H2,21,22,23);1H. The topological polar surface area (TPSA) is 66.6 Å². The van der Waals surface area contributed by atoms with E-state index in [9.17, 15) is 0 Å². The summed E-state index contributed by atoms with van der Waals surface area (Å²) in [6.07, 6.45) is 1.96. The van der Waals surface area contributed by atoms with Crippen LogP contribution in [0.15, 0.2) is 71.9 Å². The summed E-state index contributed by atoms with van der Waals surface area (Å²) in [6, 6.07) is 20.7. The number of fused-ring (bicyclic) bond motifs is 2. The predicted molar refractivity (Wildman–Crippen MR) is 119 cm³/mol. The molecule has 0 radical (unpaired) electrons. The molecular weight excluding hydrogens is 451 g/mol. The zero-order valence-electron chi connectivity index (χ0n) is 15.0. The molecular formula is C20H21IN6. The Bertz CT molecular complexity index is 1070. The van der Waals surface area contributed by atoms with Gasteiger partial charge in [0.05, 0.1) is 6.54 Å². The van der Waals surface area contributed by atoms with Gasteiger partial charge in [-0.05, 0) is 34.5 Å². The van der Waals surface area contributed by atoms with E-state index in [1.807, 2.05) is 28.8 Å². The molecule has 0 atom stereocenters. The third-order valence-corrected chi connectivity index (χ3v) is 4.30. The quantitative estimate of drug-likeness (QED) is 0.272. The van der Waals surface area contributed by atoms with E-state index in [0.717, 1.165) is 17.4 Å². The van der Waals surface area contributed by atoms with Crippen LogP contribution in [0.2, 0.25) is 0 Å². The number of halogens is 1. The molecule has 0 saturated carbocycles. The summed E-state index contributed by atoms with van der Waals surface area (Å²) in [4.78, 5) is 4.28. The molecule has 0 aliphatic heterocycles. The highest BCUT2D eigenvalue weighted by Gasteiger charge is 2.06. The molecule has 7 heteroatoms. The molecule has 4 aromatic rings. The van der Waals surface area contributed by atoms with Crippen LogP contribution in [-0.2, 0) is 13.1 Å². The molecule has 0 spiro atoms. The molecule has 2 N–H and O–H groups in total. The van der Waals surface area contributed by atoms with Crippen LogP contribution in [0.25, 0.3) is 16.4 Å². The van der Waals surface area contributed by atoms with E-state index < -0.39 is 0 Å². The smallest absolute Gasteiger partial charge is 0.191 e. The highest BCUT2D eigenvalue weighted by Crippen LogP contribution is 2.15. The third-order valence-electron chi connectivity index (χ3n) is 4.30. The Morgan fingerprint density at radius 1 is 0.926 bits per heavy atom. The predicted octanol–water partition coefficient (Wildman–Crippen LogP) is 3.37. The maximum Gasteiger partial charge on any atom is 0.191 e. The minimum absolute atomic E-state index is 0. The van der Waals surface area contributed by atoms with Crippen molar-refractivity contribution in [2.45, 2.75) is 13.1 Å². The van der Waals surface area contributed by atoms with Gasteiger partial charge in [0.2, 0.25) is 0 Å². The number of guanidine groups is 1. The first kappa shape index (κ1) is 19.1. The number of hydrogen-bond acceptors (Lipinski definition) is 3. The lowest BCUT2D eigenvalue weighted by Gasteiger charge is -2.12. The monoisotopic (exact) mass is 472 g/mol. The lowest BCUT2D eigenvalue weighted by atomic mass is 10.1. The average molecular weight is 472 g/mol. The Hall–Kier alpha value is -2.68. The van der Waals surface area contributed by atoms with Gasteiger partial charge in [-0.15, -0.1) is 34.2 Å². The summed E-state index contributed by atoms with van der Waals surface area (Å²) in [6.45, 7) is 1.24. The average Bonchev–Trinajstić information content (AvgIpc) is 3.11. The Labute approximate surface area is 174 Å². The van der Waals surface area contributed by atoms with Crippen LogP contribution in [-0.4, -0.2) is 27.6 Å². The Kier molecular flexibility index (Phi) is 6.23. The summed E-state index contributed by atoms with van der Waals surface area (Å²) in [7, 11) is 1.76. The molecule has 0 fully saturated rings. The Morgan fingerprint density at radius 3 is 2.56 bits per heavy atom. The minimum atomic E-state index is 0. The molecule has 0 saturated heterocycles.